The number of anilines is 2. The monoisotopic (exact) mass is 272 g/mol. The summed E-state index contributed by atoms with van der Waals surface area (Å²) in [6.45, 7) is 2.61. The average Bonchev–Trinajstić information content (AvgIpc) is 2.35. The van der Waals surface area contributed by atoms with Crippen LogP contribution in [0.4, 0.5) is 15.8 Å². The van der Waals surface area contributed by atoms with E-state index >= 15 is 0 Å². The van der Waals surface area contributed by atoms with E-state index in [-0.39, 0.29) is 5.02 Å². The first-order valence-corrected chi connectivity index (χ1v) is 6.48. The largest absolute Gasteiger partial charge is 0.397 e. The fourth-order valence-corrected chi connectivity index (χ4v) is 2.56. The van der Waals surface area contributed by atoms with Crippen molar-refractivity contribution in [1.82, 2.24) is 0 Å². The molecular formula is C13H18ClFN2O. The number of halogens is 2. The number of nitrogens with two attached hydrogens (primary N) is 1. The Labute approximate surface area is 112 Å². The van der Waals surface area contributed by atoms with Crippen molar-refractivity contribution in [3.8, 4) is 0 Å². The van der Waals surface area contributed by atoms with Crippen molar-refractivity contribution in [2.75, 3.05) is 37.4 Å². The van der Waals surface area contributed by atoms with Crippen molar-refractivity contribution in [2.45, 2.75) is 12.8 Å². The molecule has 5 heteroatoms. The van der Waals surface area contributed by atoms with Crippen LogP contribution in [-0.2, 0) is 4.74 Å². The van der Waals surface area contributed by atoms with Gasteiger partial charge in [0.2, 0.25) is 0 Å². The fraction of sp³-hybridized carbons (Fsp3) is 0.538. The van der Waals surface area contributed by atoms with Crippen LogP contribution in [0.2, 0.25) is 5.02 Å². The molecule has 0 aromatic heterocycles. The zero-order chi connectivity index (χ0) is 13.1. The summed E-state index contributed by atoms with van der Waals surface area (Å²) in [5.41, 5.74) is 7.13. The second kappa shape index (κ2) is 5.76. The van der Waals surface area contributed by atoms with Gasteiger partial charge < -0.3 is 15.4 Å². The fourth-order valence-electron chi connectivity index (χ4n) is 2.40. The molecule has 0 spiro atoms. The van der Waals surface area contributed by atoms with Gasteiger partial charge in [0.25, 0.3) is 0 Å². The third-order valence-corrected chi connectivity index (χ3v) is 3.72. The molecule has 18 heavy (non-hydrogen) atoms. The zero-order valence-corrected chi connectivity index (χ0v) is 11.2. The molecule has 1 saturated heterocycles. The Hall–Kier alpha value is -1.00. The van der Waals surface area contributed by atoms with E-state index in [0.717, 1.165) is 38.2 Å². The molecule has 0 bridgehead atoms. The Bertz CT molecular complexity index is 420. The van der Waals surface area contributed by atoms with E-state index in [1.54, 1.807) is 13.2 Å². The van der Waals surface area contributed by atoms with Gasteiger partial charge in [0.15, 0.2) is 0 Å². The van der Waals surface area contributed by atoms with Crippen LogP contribution in [-0.4, -0.2) is 26.8 Å². The summed E-state index contributed by atoms with van der Waals surface area (Å²) in [5.74, 6) is 0.135. The van der Waals surface area contributed by atoms with Crippen molar-refractivity contribution in [3.63, 3.8) is 0 Å². The maximum Gasteiger partial charge on any atom is 0.143 e. The lowest BCUT2D eigenvalue weighted by atomic mass is 9.97. The van der Waals surface area contributed by atoms with Crippen molar-refractivity contribution in [1.29, 1.82) is 0 Å². The Balaban J connectivity index is 2.07. The van der Waals surface area contributed by atoms with Crippen molar-refractivity contribution < 1.29 is 9.13 Å². The maximum absolute atomic E-state index is 13.2. The quantitative estimate of drug-likeness (QED) is 0.860. The van der Waals surface area contributed by atoms with Crippen LogP contribution in [0.1, 0.15) is 12.8 Å². The molecule has 0 atom stereocenters. The summed E-state index contributed by atoms with van der Waals surface area (Å²) in [6, 6.07) is 2.90. The smallest absolute Gasteiger partial charge is 0.143 e. The van der Waals surface area contributed by atoms with Crippen LogP contribution < -0.4 is 10.6 Å². The normalized spacial score (nSPS) is 17.2. The molecule has 0 saturated carbocycles. The van der Waals surface area contributed by atoms with E-state index in [9.17, 15) is 4.39 Å². The van der Waals surface area contributed by atoms with Crippen LogP contribution in [0, 0.1) is 11.7 Å². The van der Waals surface area contributed by atoms with Gasteiger partial charge in [-0.05, 0) is 24.8 Å². The second-order valence-corrected chi connectivity index (χ2v) is 5.12. The molecule has 1 fully saturated rings. The lowest BCUT2D eigenvalue weighted by Crippen LogP contribution is -2.35. The predicted molar refractivity (Wildman–Crippen MR) is 72.6 cm³/mol. The molecule has 0 unspecified atom stereocenters. The third kappa shape index (κ3) is 2.87. The van der Waals surface area contributed by atoms with Gasteiger partial charge in [-0.1, -0.05) is 11.6 Å². The minimum Gasteiger partial charge on any atom is -0.397 e. The summed E-state index contributed by atoms with van der Waals surface area (Å²) in [7, 11) is 1.73. The number of benzene rings is 1. The summed E-state index contributed by atoms with van der Waals surface area (Å²) in [5, 5.41) is 0.123. The first kappa shape index (κ1) is 13.4. The lowest BCUT2D eigenvalue weighted by Gasteiger charge is -2.34. The minimum atomic E-state index is -0.466. The number of ether oxygens (including phenoxy) is 1. The van der Waals surface area contributed by atoms with Gasteiger partial charge >= 0.3 is 0 Å². The number of methoxy groups -OCH3 is 1. The standard InChI is InChI=1S/C13H18ClFN2O/c1-18-8-9-2-4-17(5-3-9)13-6-10(14)11(15)7-12(13)16/h6-7,9H,2-5,8,16H2,1H3. The number of nitrogens with zero attached hydrogens (tertiary/aromatic N) is 1. The van der Waals surface area contributed by atoms with Crippen LogP contribution in [0.25, 0.3) is 0 Å². The van der Waals surface area contributed by atoms with E-state index < -0.39 is 5.82 Å². The summed E-state index contributed by atoms with van der Waals surface area (Å²) < 4.78 is 18.4. The molecule has 1 aromatic carbocycles. The molecule has 3 nitrogen and oxygen atoms in total. The summed E-state index contributed by atoms with van der Waals surface area (Å²) in [4.78, 5) is 2.16. The van der Waals surface area contributed by atoms with Gasteiger partial charge in [-0.25, -0.2) is 4.39 Å². The molecule has 1 aromatic rings. The van der Waals surface area contributed by atoms with Gasteiger partial charge in [-0.2, -0.15) is 0 Å². The van der Waals surface area contributed by atoms with E-state index in [1.165, 1.54) is 6.07 Å². The van der Waals surface area contributed by atoms with Gasteiger partial charge in [-0.15, -0.1) is 0 Å². The van der Waals surface area contributed by atoms with Gasteiger partial charge in [0.05, 0.1) is 16.4 Å². The summed E-state index contributed by atoms with van der Waals surface area (Å²) in [6.07, 6.45) is 2.12. The van der Waals surface area contributed by atoms with Crippen molar-refractivity contribution >= 4 is 23.0 Å². The van der Waals surface area contributed by atoms with Crippen LogP contribution in [0.15, 0.2) is 12.1 Å². The lowest BCUT2D eigenvalue weighted by molar-refractivity contribution is 0.139. The van der Waals surface area contributed by atoms with Gasteiger partial charge in [-0.3, -0.25) is 0 Å². The molecule has 1 aliphatic rings. The SMILES string of the molecule is COCC1CCN(c2cc(Cl)c(F)cc2N)CC1. The van der Waals surface area contributed by atoms with E-state index in [2.05, 4.69) is 4.90 Å². The molecular weight excluding hydrogens is 255 g/mol. The van der Waals surface area contributed by atoms with Crippen molar-refractivity contribution in [2.24, 2.45) is 5.92 Å². The van der Waals surface area contributed by atoms with E-state index in [4.69, 9.17) is 22.1 Å². The highest BCUT2D eigenvalue weighted by Gasteiger charge is 2.21. The predicted octanol–water partition coefficient (Wildman–Crippen LogP) is 2.92. The molecule has 1 heterocycles. The summed E-state index contributed by atoms with van der Waals surface area (Å²) >= 11 is 5.81. The van der Waals surface area contributed by atoms with Crippen LogP contribution in [0.3, 0.4) is 0 Å². The molecule has 0 amide bonds. The topological polar surface area (TPSA) is 38.5 Å². The Morgan fingerprint density at radius 3 is 2.72 bits per heavy atom. The maximum atomic E-state index is 13.2. The van der Waals surface area contributed by atoms with Crippen LogP contribution >= 0.6 is 11.6 Å². The Kier molecular flexibility index (Phi) is 4.30. The highest BCUT2D eigenvalue weighted by atomic mass is 35.5. The average molecular weight is 273 g/mol. The number of hydrogen-bond donors (Lipinski definition) is 1. The van der Waals surface area contributed by atoms with E-state index in [1.807, 2.05) is 0 Å². The number of rotatable bonds is 3. The number of hydrogen-bond acceptors (Lipinski definition) is 3. The molecule has 0 radical (unpaired) electrons. The first-order valence-electron chi connectivity index (χ1n) is 6.10. The van der Waals surface area contributed by atoms with E-state index in [0.29, 0.717) is 11.6 Å². The Morgan fingerprint density at radius 2 is 2.11 bits per heavy atom. The second-order valence-electron chi connectivity index (χ2n) is 4.71. The van der Waals surface area contributed by atoms with Gasteiger partial charge in [0.1, 0.15) is 5.82 Å². The molecule has 0 aliphatic carbocycles. The van der Waals surface area contributed by atoms with Crippen LogP contribution in [0.5, 0.6) is 0 Å². The molecule has 2 rings (SSSR count). The molecule has 1 aliphatic heterocycles. The molecule has 100 valence electrons. The zero-order valence-electron chi connectivity index (χ0n) is 10.5. The van der Waals surface area contributed by atoms with Gasteiger partial charge in [0, 0.05) is 32.9 Å². The Morgan fingerprint density at radius 1 is 1.44 bits per heavy atom. The number of piperidine rings is 1. The number of nitrogen functional groups attached to an aromatic ring is 1. The third-order valence-electron chi connectivity index (χ3n) is 3.43. The molecule has 2 N–H and O–H groups in total. The first-order chi connectivity index (χ1) is 8.61. The van der Waals surface area contributed by atoms with Crippen molar-refractivity contribution in [3.05, 3.63) is 23.0 Å². The highest BCUT2D eigenvalue weighted by Crippen LogP contribution is 2.32. The minimum absolute atomic E-state index is 0.123. The highest BCUT2D eigenvalue weighted by molar-refractivity contribution is 6.31.